The largest absolute Gasteiger partial charge is 0.389 e. The molecule has 0 aromatic carbocycles. The van der Waals surface area contributed by atoms with Crippen molar-refractivity contribution in [3.63, 3.8) is 0 Å². The fourth-order valence-corrected chi connectivity index (χ4v) is 1.14. The van der Waals surface area contributed by atoms with E-state index in [9.17, 15) is 10.2 Å². The Balaban J connectivity index is 2.79. The predicted molar refractivity (Wildman–Crippen MR) is 48.2 cm³/mol. The van der Waals surface area contributed by atoms with E-state index in [1.807, 2.05) is 6.07 Å². The van der Waals surface area contributed by atoms with Gasteiger partial charge in [-0.1, -0.05) is 0 Å². The molecule has 0 amide bonds. The third-order valence-corrected chi connectivity index (χ3v) is 1.88. The van der Waals surface area contributed by atoms with Gasteiger partial charge >= 0.3 is 0 Å². The Hall–Kier alpha value is -1.42. The van der Waals surface area contributed by atoms with Gasteiger partial charge in [0.15, 0.2) is 0 Å². The Labute approximate surface area is 81.2 Å². The number of aliphatic hydroxyl groups is 2. The summed E-state index contributed by atoms with van der Waals surface area (Å²) < 4.78 is 0. The van der Waals surface area contributed by atoms with Crippen LogP contribution in [0.5, 0.6) is 0 Å². The van der Waals surface area contributed by atoms with Crippen molar-refractivity contribution in [2.45, 2.75) is 12.2 Å². The third kappa shape index (κ3) is 2.09. The molecule has 14 heavy (non-hydrogen) atoms. The van der Waals surface area contributed by atoms with E-state index >= 15 is 0 Å². The van der Waals surface area contributed by atoms with Gasteiger partial charge in [-0.05, 0) is 7.05 Å². The number of aromatic amines is 1. The van der Waals surface area contributed by atoms with Crippen LogP contribution in [-0.2, 0) is 0 Å². The molecule has 1 rings (SSSR count). The molecular weight excluding hydrogens is 184 g/mol. The van der Waals surface area contributed by atoms with Gasteiger partial charge in [-0.2, -0.15) is 10.4 Å². The molecule has 76 valence electrons. The minimum atomic E-state index is -1.10. The van der Waals surface area contributed by atoms with Crippen molar-refractivity contribution in [3.05, 3.63) is 17.5 Å². The molecule has 0 saturated carbocycles. The molecule has 1 aromatic rings. The number of likely N-dealkylation sites (N-methyl/N-ethyl adjacent to an activating group) is 1. The van der Waals surface area contributed by atoms with Crippen LogP contribution in [0.2, 0.25) is 0 Å². The summed E-state index contributed by atoms with van der Waals surface area (Å²) in [6.07, 6.45) is -0.720. The number of rotatable bonds is 4. The fourth-order valence-electron chi connectivity index (χ4n) is 1.14. The second-order valence-corrected chi connectivity index (χ2v) is 2.88. The quantitative estimate of drug-likeness (QED) is 0.489. The smallest absolute Gasteiger partial charge is 0.141 e. The van der Waals surface area contributed by atoms with Crippen molar-refractivity contribution >= 4 is 0 Å². The van der Waals surface area contributed by atoms with E-state index < -0.39 is 12.2 Å². The van der Waals surface area contributed by atoms with Crippen molar-refractivity contribution in [1.82, 2.24) is 15.5 Å². The molecule has 0 spiro atoms. The zero-order valence-electron chi connectivity index (χ0n) is 7.73. The molecule has 2 atom stereocenters. The molecule has 0 radical (unpaired) electrons. The van der Waals surface area contributed by atoms with Crippen molar-refractivity contribution in [1.29, 1.82) is 5.26 Å². The number of nitriles is 1. The number of H-pyrrole nitrogens is 1. The molecule has 6 nitrogen and oxygen atoms in total. The highest BCUT2D eigenvalue weighted by Crippen LogP contribution is 2.18. The summed E-state index contributed by atoms with van der Waals surface area (Å²) in [5.41, 5.74) is 0.489. The molecule has 4 N–H and O–H groups in total. The van der Waals surface area contributed by atoms with Crippen LogP contribution >= 0.6 is 0 Å². The SMILES string of the molecule is CNCC(O)C(O)c1cn[nH]c1C#N. The summed E-state index contributed by atoms with van der Waals surface area (Å²) in [6, 6.07) is 1.84. The summed E-state index contributed by atoms with van der Waals surface area (Å²) in [4.78, 5) is 0. The van der Waals surface area contributed by atoms with Gasteiger partial charge < -0.3 is 15.5 Å². The second-order valence-electron chi connectivity index (χ2n) is 2.88. The number of nitrogens with zero attached hydrogens (tertiary/aromatic N) is 2. The van der Waals surface area contributed by atoms with Gasteiger partial charge in [0.1, 0.15) is 17.9 Å². The van der Waals surface area contributed by atoms with Crippen molar-refractivity contribution in [2.24, 2.45) is 0 Å². The maximum absolute atomic E-state index is 9.62. The van der Waals surface area contributed by atoms with Crippen LogP contribution in [0.15, 0.2) is 6.20 Å². The maximum atomic E-state index is 9.62. The van der Waals surface area contributed by atoms with Crippen LogP contribution in [0.1, 0.15) is 17.4 Å². The first-order valence-corrected chi connectivity index (χ1v) is 4.14. The second kappa shape index (κ2) is 4.72. The Kier molecular flexibility index (Phi) is 3.59. The highest BCUT2D eigenvalue weighted by atomic mass is 16.3. The number of aliphatic hydroxyl groups excluding tert-OH is 2. The topological polar surface area (TPSA) is 105 Å². The van der Waals surface area contributed by atoms with Crippen LogP contribution in [0, 0.1) is 11.3 Å². The van der Waals surface area contributed by atoms with E-state index in [4.69, 9.17) is 5.26 Å². The molecule has 0 aliphatic rings. The van der Waals surface area contributed by atoms with Gasteiger partial charge in [0.25, 0.3) is 0 Å². The minimum absolute atomic E-state index is 0.174. The van der Waals surface area contributed by atoms with Crippen molar-refractivity contribution < 1.29 is 10.2 Å². The minimum Gasteiger partial charge on any atom is -0.389 e. The molecule has 0 aliphatic heterocycles. The van der Waals surface area contributed by atoms with Gasteiger partial charge in [-0.3, -0.25) is 5.10 Å². The Bertz CT molecular complexity index is 330. The zero-order valence-corrected chi connectivity index (χ0v) is 7.73. The first kappa shape index (κ1) is 10.7. The van der Waals surface area contributed by atoms with Gasteiger partial charge in [-0.15, -0.1) is 0 Å². The lowest BCUT2D eigenvalue weighted by molar-refractivity contribution is 0.0201. The average molecular weight is 196 g/mol. The summed E-state index contributed by atoms with van der Waals surface area (Å²) in [7, 11) is 1.66. The number of nitrogens with one attached hydrogen (secondary N) is 2. The maximum Gasteiger partial charge on any atom is 0.141 e. The van der Waals surface area contributed by atoms with Crippen LogP contribution in [0.3, 0.4) is 0 Å². The molecule has 0 saturated heterocycles. The van der Waals surface area contributed by atoms with Crippen LogP contribution in [0.4, 0.5) is 0 Å². The molecule has 2 unspecified atom stereocenters. The van der Waals surface area contributed by atoms with Crippen LogP contribution in [-0.4, -0.2) is 40.1 Å². The van der Waals surface area contributed by atoms with E-state index in [1.165, 1.54) is 6.20 Å². The number of aromatic nitrogens is 2. The lowest BCUT2D eigenvalue weighted by Gasteiger charge is -2.15. The Morgan fingerprint density at radius 2 is 2.43 bits per heavy atom. The first-order valence-electron chi connectivity index (χ1n) is 4.14. The molecule has 0 bridgehead atoms. The standard InChI is InChI=1S/C8H12N4O2/c1-10-4-7(13)8(14)5-3-11-12-6(5)2-9/h3,7-8,10,13-14H,4H2,1H3,(H,11,12). The molecule has 6 heteroatoms. The van der Waals surface area contributed by atoms with Crippen LogP contribution < -0.4 is 5.32 Å². The van der Waals surface area contributed by atoms with Gasteiger partial charge in [0.2, 0.25) is 0 Å². The monoisotopic (exact) mass is 196 g/mol. The summed E-state index contributed by atoms with van der Waals surface area (Å²) in [5, 5.41) is 36.5. The molecule has 0 aliphatic carbocycles. The Morgan fingerprint density at radius 1 is 1.71 bits per heavy atom. The first-order chi connectivity index (χ1) is 6.70. The van der Waals surface area contributed by atoms with E-state index in [2.05, 4.69) is 15.5 Å². The van der Waals surface area contributed by atoms with E-state index in [0.29, 0.717) is 5.56 Å². The number of hydrogen-bond donors (Lipinski definition) is 4. The zero-order chi connectivity index (χ0) is 10.6. The average Bonchev–Trinajstić information content (AvgIpc) is 2.64. The van der Waals surface area contributed by atoms with Gasteiger partial charge in [-0.25, -0.2) is 0 Å². The Morgan fingerprint density at radius 3 is 3.00 bits per heavy atom. The highest BCUT2D eigenvalue weighted by Gasteiger charge is 2.21. The lowest BCUT2D eigenvalue weighted by Crippen LogP contribution is -2.29. The van der Waals surface area contributed by atoms with Gasteiger partial charge in [0.05, 0.1) is 12.3 Å². The van der Waals surface area contributed by atoms with E-state index in [0.717, 1.165) is 0 Å². The molecule has 1 aromatic heterocycles. The summed E-state index contributed by atoms with van der Waals surface area (Å²) in [5.74, 6) is 0. The number of hydrogen-bond acceptors (Lipinski definition) is 5. The fraction of sp³-hybridized carbons (Fsp3) is 0.500. The molecular formula is C8H12N4O2. The molecule has 1 heterocycles. The third-order valence-electron chi connectivity index (χ3n) is 1.88. The molecule has 0 fully saturated rings. The van der Waals surface area contributed by atoms with Gasteiger partial charge in [0, 0.05) is 12.1 Å². The van der Waals surface area contributed by atoms with Crippen LogP contribution in [0.25, 0.3) is 0 Å². The summed E-state index contributed by atoms with van der Waals surface area (Å²) in [6.45, 7) is 0.247. The van der Waals surface area contributed by atoms with Crippen molar-refractivity contribution in [2.75, 3.05) is 13.6 Å². The van der Waals surface area contributed by atoms with E-state index in [-0.39, 0.29) is 12.2 Å². The lowest BCUT2D eigenvalue weighted by atomic mass is 10.1. The summed E-state index contributed by atoms with van der Waals surface area (Å²) >= 11 is 0. The highest BCUT2D eigenvalue weighted by molar-refractivity contribution is 5.30. The normalized spacial score (nSPS) is 14.7. The van der Waals surface area contributed by atoms with Crippen molar-refractivity contribution in [3.8, 4) is 6.07 Å². The predicted octanol–water partition coefficient (Wildman–Crippen LogP) is -1.10. The van der Waals surface area contributed by atoms with E-state index in [1.54, 1.807) is 7.05 Å².